The van der Waals surface area contributed by atoms with Gasteiger partial charge in [0.2, 0.25) is 0 Å². The van der Waals surface area contributed by atoms with Crippen LogP contribution in [0.1, 0.15) is 24.8 Å². The van der Waals surface area contributed by atoms with E-state index in [1.165, 1.54) is 0 Å². The molecule has 7 nitrogen and oxygen atoms in total. The van der Waals surface area contributed by atoms with Gasteiger partial charge in [0.15, 0.2) is 5.65 Å². The molecule has 1 unspecified atom stereocenters. The van der Waals surface area contributed by atoms with Crippen molar-refractivity contribution in [2.75, 3.05) is 10.6 Å². The molecule has 1 saturated carbocycles. The first-order chi connectivity index (χ1) is 12.2. The predicted octanol–water partition coefficient (Wildman–Crippen LogP) is 0.855. The van der Waals surface area contributed by atoms with Gasteiger partial charge in [-0.15, -0.1) is 0 Å². The molecule has 0 bridgehead atoms. The summed E-state index contributed by atoms with van der Waals surface area (Å²) in [6.45, 7) is 0.609. The monoisotopic (exact) mass is 334 g/mol. The Morgan fingerprint density at radius 1 is 1.32 bits per heavy atom. The molecule has 1 fully saturated rings. The summed E-state index contributed by atoms with van der Waals surface area (Å²) < 4.78 is 1.68. The van der Waals surface area contributed by atoms with E-state index in [1.807, 2.05) is 24.4 Å². The standard InChI is InChI=1S/C17H19BN6O/c18-12-10-21-24-16(20-9-11-3-2-6-19-8-11)7-15(23-17(12)24)22-13-4-1-5-14(13)25/h2-3,6-8,10,13-14,20,25H,1,4-5,9H2,(H,22,23)/t13?,14-/m0/s1. The van der Waals surface area contributed by atoms with Crippen molar-refractivity contribution in [2.24, 2.45) is 0 Å². The fourth-order valence-electron chi connectivity index (χ4n) is 3.17. The minimum absolute atomic E-state index is 0.0188. The van der Waals surface area contributed by atoms with Gasteiger partial charge in [0.25, 0.3) is 0 Å². The molecule has 2 radical (unpaired) electrons. The number of aliphatic hydroxyl groups excluding tert-OH is 1. The molecule has 1 aliphatic carbocycles. The van der Waals surface area contributed by atoms with Crippen LogP contribution in [0.3, 0.4) is 0 Å². The number of fused-ring (bicyclic) bond motifs is 1. The van der Waals surface area contributed by atoms with Gasteiger partial charge in [0.05, 0.1) is 12.1 Å². The van der Waals surface area contributed by atoms with Gasteiger partial charge in [-0.25, -0.2) is 4.98 Å². The minimum Gasteiger partial charge on any atom is -0.391 e. The van der Waals surface area contributed by atoms with Crippen molar-refractivity contribution in [3.05, 3.63) is 42.4 Å². The van der Waals surface area contributed by atoms with E-state index < -0.39 is 0 Å². The highest BCUT2D eigenvalue weighted by molar-refractivity contribution is 6.36. The first kappa shape index (κ1) is 15.9. The maximum atomic E-state index is 10.0. The highest BCUT2D eigenvalue weighted by atomic mass is 16.3. The molecular formula is C17H19BN6O. The van der Waals surface area contributed by atoms with Gasteiger partial charge in [-0.3, -0.25) is 4.98 Å². The number of hydrogen-bond acceptors (Lipinski definition) is 6. The van der Waals surface area contributed by atoms with Gasteiger partial charge >= 0.3 is 0 Å². The van der Waals surface area contributed by atoms with Crippen LogP contribution in [0.2, 0.25) is 0 Å². The summed E-state index contributed by atoms with van der Waals surface area (Å²) in [6.07, 6.45) is 7.58. The lowest BCUT2D eigenvalue weighted by Gasteiger charge is -2.18. The summed E-state index contributed by atoms with van der Waals surface area (Å²) in [4.78, 5) is 8.67. The predicted molar refractivity (Wildman–Crippen MR) is 97.2 cm³/mol. The van der Waals surface area contributed by atoms with Crippen molar-refractivity contribution in [2.45, 2.75) is 38.0 Å². The number of aromatic nitrogens is 4. The number of rotatable bonds is 5. The molecule has 0 amide bonds. The average molecular weight is 334 g/mol. The zero-order valence-electron chi connectivity index (χ0n) is 13.8. The molecule has 3 aromatic rings. The molecule has 4 rings (SSSR count). The van der Waals surface area contributed by atoms with Gasteiger partial charge in [-0.1, -0.05) is 6.07 Å². The molecule has 3 aromatic heterocycles. The molecule has 0 aliphatic heterocycles. The van der Waals surface area contributed by atoms with Gasteiger partial charge in [-0.05, 0) is 36.4 Å². The van der Waals surface area contributed by atoms with Crippen molar-refractivity contribution in [3.8, 4) is 0 Å². The van der Waals surface area contributed by atoms with E-state index in [0.29, 0.717) is 23.5 Å². The van der Waals surface area contributed by atoms with Crippen molar-refractivity contribution in [1.29, 1.82) is 0 Å². The summed E-state index contributed by atoms with van der Waals surface area (Å²) in [5.41, 5.74) is 2.17. The minimum atomic E-state index is -0.341. The van der Waals surface area contributed by atoms with Crippen LogP contribution in [0.4, 0.5) is 11.6 Å². The zero-order valence-corrected chi connectivity index (χ0v) is 13.8. The summed E-state index contributed by atoms with van der Waals surface area (Å²) >= 11 is 0. The summed E-state index contributed by atoms with van der Waals surface area (Å²) in [7, 11) is 6.00. The fourth-order valence-corrected chi connectivity index (χ4v) is 3.17. The SMILES string of the molecule is [B]c1cnn2c(NCc3cccnc3)cc(NC3CCC[C@@H]3O)nc12. The quantitative estimate of drug-likeness (QED) is 0.600. The number of nitrogens with zero attached hydrogens (tertiary/aromatic N) is 4. The third-order valence-electron chi connectivity index (χ3n) is 4.51. The van der Waals surface area contributed by atoms with Crippen LogP contribution >= 0.6 is 0 Å². The van der Waals surface area contributed by atoms with Gasteiger partial charge in [0.1, 0.15) is 19.5 Å². The Hall–Kier alpha value is -2.61. The van der Waals surface area contributed by atoms with Crippen LogP contribution in [0, 0.1) is 0 Å². The summed E-state index contributed by atoms with van der Waals surface area (Å²) in [5.74, 6) is 1.46. The van der Waals surface area contributed by atoms with E-state index in [-0.39, 0.29) is 12.1 Å². The van der Waals surface area contributed by atoms with Crippen molar-refractivity contribution in [3.63, 3.8) is 0 Å². The van der Waals surface area contributed by atoms with Crippen LogP contribution in [0.25, 0.3) is 5.65 Å². The zero-order chi connectivity index (χ0) is 17.2. The van der Waals surface area contributed by atoms with Crippen LogP contribution in [-0.2, 0) is 6.54 Å². The molecule has 0 spiro atoms. The second-order valence-electron chi connectivity index (χ2n) is 6.33. The number of pyridine rings is 1. The molecule has 0 saturated heterocycles. The Morgan fingerprint density at radius 3 is 3.00 bits per heavy atom. The van der Waals surface area contributed by atoms with Gasteiger partial charge in [0, 0.05) is 31.2 Å². The molecular weight excluding hydrogens is 315 g/mol. The Balaban J connectivity index is 1.62. The Bertz CT molecular complexity index is 868. The van der Waals surface area contributed by atoms with Gasteiger partial charge < -0.3 is 15.7 Å². The second-order valence-corrected chi connectivity index (χ2v) is 6.33. The largest absolute Gasteiger partial charge is 0.391 e. The second kappa shape index (κ2) is 6.72. The maximum Gasteiger partial charge on any atom is 0.152 e. The van der Waals surface area contributed by atoms with Crippen LogP contribution in [-0.4, -0.2) is 44.7 Å². The van der Waals surface area contributed by atoms with E-state index in [4.69, 9.17) is 7.85 Å². The van der Waals surface area contributed by atoms with Crippen LogP contribution in [0.15, 0.2) is 36.8 Å². The number of anilines is 2. The lowest BCUT2D eigenvalue weighted by molar-refractivity contribution is 0.171. The number of hydrogen-bond donors (Lipinski definition) is 3. The first-order valence-corrected chi connectivity index (χ1v) is 8.42. The fraction of sp³-hybridized carbons (Fsp3) is 0.353. The molecule has 126 valence electrons. The van der Waals surface area contributed by atoms with E-state index >= 15 is 0 Å². The maximum absolute atomic E-state index is 10.0. The third-order valence-corrected chi connectivity index (χ3v) is 4.51. The van der Waals surface area contributed by atoms with E-state index in [2.05, 4.69) is 25.7 Å². The molecule has 1 aliphatic rings. The Morgan fingerprint density at radius 2 is 2.24 bits per heavy atom. The van der Waals surface area contributed by atoms with E-state index in [0.717, 1.165) is 30.6 Å². The van der Waals surface area contributed by atoms with E-state index in [9.17, 15) is 5.11 Å². The Kier molecular flexibility index (Phi) is 4.27. The molecule has 8 heteroatoms. The van der Waals surface area contributed by atoms with Crippen molar-refractivity contribution < 1.29 is 5.11 Å². The van der Waals surface area contributed by atoms with Crippen molar-refractivity contribution in [1.82, 2.24) is 19.6 Å². The highest BCUT2D eigenvalue weighted by Crippen LogP contribution is 2.24. The van der Waals surface area contributed by atoms with Crippen LogP contribution < -0.4 is 16.1 Å². The number of aliphatic hydroxyl groups is 1. The topological polar surface area (TPSA) is 87.4 Å². The molecule has 3 N–H and O–H groups in total. The van der Waals surface area contributed by atoms with Crippen molar-refractivity contribution >= 4 is 30.6 Å². The molecule has 2 atom stereocenters. The molecule has 25 heavy (non-hydrogen) atoms. The molecule has 0 aromatic carbocycles. The summed E-state index contributed by atoms with van der Waals surface area (Å²) in [5, 5.41) is 21.0. The lowest BCUT2D eigenvalue weighted by Crippen LogP contribution is -2.28. The van der Waals surface area contributed by atoms with Gasteiger partial charge in [-0.2, -0.15) is 9.61 Å². The van der Waals surface area contributed by atoms with Crippen LogP contribution in [0.5, 0.6) is 0 Å². The van der Waals surface area contributed by atoms with E-state index in [1.54, 1.807) is 16.9 Å². The molecule has 3 heterocycles. The smallest absolute Gasteiger partial charge is 0.152 e. The lowest BCUT2D eigenvalue weighted by atomic mass is 10.0. The highest BCUT2D eigenvalue weighted by Gasteiger charge is 2.25. The normalized spacial score (nSPS) is 20.0. The Labute approximate surface area is 146 Å². The summed E-state index contributed by atoms with van der Waals surface area (Å²) in [6, 6.07) is 5.81. The number of nitrogens with one attached hydrogen (secondary N) is 2. The first-order valence-electron chi connectivity index (χ1n) is 8.42. The third kappa shape index (κ3) is 3.30. The average Bonchev–Trinajstić information content (AvgIpc) is 3.20.